The van der Waals surface area contributed by atoms with E-state index in [1.54, 1.807) is 21.8 Å². The molecule has 0 unspecified atom stereocenters. The van der Waals surface area contributed by atoms with Gasteiger partial charge >= 0.3 is 0 Å². The second-order valence-electron chi connectivity index (χ2n) is 14.7. The van der Waals surface area contributed by atoms with Crippen LogP contribution in [-0.2, 0) is 20.7 Å². The van der Waals surface area contributed by atoms with Gasteiger partial charge in [-0.15, -0.1) is 0 Å². The lowest BCUT2D eigenvalue weighted by molar-refractivity contribution is -0.118. The lowest BCUT2D eigenvalue weighted by Crippen LogP contribution is -2.45. The van der Waals surface area contributed by atoms with Crippen LogP contribution in [0.4, 0.5) is 11.6 Å². The van der Waals surface area contributed by atoms with Crippen molar-refractivity contribution in [2.75, 3.05) is 36.8 Å². The van der Waals surface area contributed by atoms with E-state index in [0.717, 1.165) is 90.1 Å². The van der Waals surface area contributed by atoms with Gasteiger partial charge in [-0.05, 0) is 90.1 Å². The Balaban J connectivity index is 0.000000201. The van der Waals surface area contributed by atoms with Crippen LogP contribution in [0.2, 0.25) is 0 Å². The first-order valence-electron chi connectivity index (χ1n) is 18.5. The molecule has 2 heterocycles. The van der Waals surface area contributed by atoms with Crippen molar-refractivity contribution in [3.05, 3.63) is 46.4 Å². The minimum atomic E-state index is -0.623. The van der Waals surface area contributed by atoms with Crippen LogP contribution in [0, 0.1) is 25.0 Å². The number of carbonyl (C=O) groups is 4. The van der Waals surface area contributed by atoms with Gasteiger partial charge in [0.15, 0.2) is 11.6 Å². The highest BCUT2D eigenvalue weighted by atomic mass is 16.2. The van der Waals surface area contributed by atoms with E-state index in [1.165, 1.54) is 0 Å². The summed E-state index contributed by atoms with van der Waals surface area (Å²) in [6.45, 7) is 21.4. The molecule has 4 aliphatic rings. The van der Waals surface area contributed by atoms with Crippen LogP contribution < -0.4 is 32.7 Å². The number of nitrogens with one attached hydrogen (secondary N) is 4. The van der Waals surface area contributed by atoms with Gasteiger partial charge in [-0.25, -0.2) is 13.1 Å². The lowest BCUT2D eigenvalue weighted by Gasteiger charge is -2.37. The van der Waals surface area contributed by atoms with Crippen LogP contribution >= 0.6 is 0 Å². The Kier molecular flexibility index (Phi) is 12.3. The Morgan fingerprint density at radius 1 is 0.692 bits per heavy atom. The summed E-state index contributed by atoms with van der Waals surface area (Å²) in [5, 5.41) is 21.4. The van der Waals surface area contributed by atoms with Gasteiger partial charge in [-0.3, -0.25) is 28.5 Å². The van der Waals surface area contributed by atoms with Crippen LogP contribution in [0.3, 0.4) is 0 Å². The van der Waals surface area contributed by atoms with Crippen LogP contribution in [0.5, 0.6) is 0 Å². The average molecular weight is 717 g/mol. The normalized spacial score (nSPS) is 25.5. The Hall–Kier alpha value is -4.80. The molecule has 4 amide bonds. The van der Waals surface area contributed by atoms with E-state index in [9.17, 15) is 19.2 Å². The molecule has 2 aromatic rings. The van der Waals surface area contributed by atoms with Gasteiger partial charge < -0.3 is 42.4 Å². The summed E-state index contributed by atoms with van der Waals surface area (Å²) >= 11 is 0. The molecule has 8 N–H and O–H groups in total. The number of rotatable bonds is 14. The predicted octanol–water partition coefficient (Wildman–Crippen LogP) is 2.99. The van der Waals surface area contributed by atoms with Gasteiger partial charge in [0.05, 0.1) is 0 Å². The molecule has 0 aromatic carbocycles. The molecular weight excluding hydrogens is 664 g/mol. The van der Waals surface area contributed by atoms with Crippen LogP contribution in [0.1, 0.15) is 112 Å². The highest BCUT2D eigenvalue weighted by molar-refractivity contribution is 6.03. The van der Waals surface area contributed by atoms with Crippen molar-refractivity contribution in [3.8, 4) is 0 Å². The third kappa shape index (κ3) is 8.97. The zero-order valence-electron chi connectivity index (χ0n) is 30.2. The second-order valence-corrected chi connectivity index (χ2v) is 14.7. The molecule has 52 heavy (non-hydrogen) atoms. The molecular formula is C36H52N12O4. The number of nitrogens with two attached hydrogens (primary N) is 2. The first kappa shape index (κ1) is 38.4. The largest absolute Gasteiger partial charge is 0.365 e. The lowest BCUT2D eigenvalue weighted by atomic mass is 9.79. The molecule has 2 aromatic heterocycles. The molecule has 0 atom stereocenters. The molecule has 0 saturated heterocycles. The van der Waals surface area contributed by atoms with Gasteiger partial charge in [0, 0.05) is 36.3 Å². The van der Waals surface area contributed by atoms with Gasteiger partial charge in [0.2, 0.25) is 24.9 Å². The molecule has 16 nitrogen and oxygen atoms in total. The maximum absolute atomic E-state index is 12.1. The summed E-state index contributed by atoms with van der Waals surface area (Å²) in [7, 11) is 0. The molecule has 0 aliphatic heterocycles. The summed E-state index contributed by atoms with van der Waals surface area (Å²) in [4.78, 5) is 55.1. The number of aromatic nitrogens is 4. The fourth-order valence-electron chi connectivity index (χ4n) is 7.42. The van der Waals surface area contributed by atoms with Gasteiger partial charge in [-0.1, -0.05) is 13.8 Å². The molecule has 0 spiro atoms. The molecule has 0 radical (unpaired) electrons. The first-order valence-corrected chi connectivity index (χ1v) is 18.5. The Morgan fingerprint density at radius 2 is 1.04 bits per heavy atom. The van der Waals surface area contributed by atoms with Gasteiger partial charge in [0.25, 0.3) is 11.8 Å². The van der Waals surface area contributed by atoms with Crippen LogP contribution in [0.25, 0.3) is 9.69 Å². The zero-order valence-corrected chi connectivity index (χ0v) is 30.2. The van der Waals surface area contributed by atoms with Crippen molar-refractivity contribution in [1.82, 2.24) is 30.2 Å². The third-order valence-corrected chi connectivity index (χ3v) is 10.9. The maximum Gasteiger partial charge on any atom is 0.254 e. The van der Waals surface area contributed by atoms with Crippen molar-refractivity contribution >= 4 is 35.3 Å². The maximum atomic E-state index is 12.1. The Morgan fingerprint density at radius 3 is 1.31 bits per heavy atom. The predicted molar refractivity (Wildman–Crippen MR) is 195 cm³/mol. The van der Waals surface area contributed by atoms with E-state index in [1.807, 2.05) is 0 Å². The van der Waals surface area contributed by atoms with Crippen molar-refractivity contribution < 1.29 is 19.2 Å². The summed E-state index contributed by atoms with van der Waals surface area (Å²) < 4.78 is 3.41. The molecule has 0 bridgehead atoms. The van der Waals surface area contributed by atoms with E-state index in [0.29, 0.717) is 25.2 Å². The number of anilines is 2. The molecule has 4 saturated carbocycles. The highest BCUT2D eigenvalue weighted by Crippen LogP contribution is 2.38. The topological polar surface area (TPSA) is 213 Å². The fourth-order valence-corrected chi connectivity index (χ4v) is 7.42. The average Bonchev–Trinajstić information content (AvgIpc) is 4.06. The Labute approximate surface area is 304 Å². The van der Waals surface area contributed by atoms with Gasteiger partial charge in [0.1, 0.15) is 22.2 Å². The number of hydrogen-bond donors (Lipinski definition) is 6. The number of nitrogens with zero attached hydrogens (tertiary/aromatic N) is 6. The third-order valence-electron chi connectivity index (χ3n) is 10.9. The van der Waals surface area contributed by atoms with E-state index in [2.05, 4.69) is 55.0 Å². The molecule has 4 aliphatic carbocycles. The van der Waals surface area contributed by atoms with Crippen molar-refractivity contribution in [2.24, 2.45) is 23.3 Å². The van der Waals surface area contributed by atoms with E-state index < -0.39 is 22.9 Å². The highest BCUT2D eigenvalue weighted by Gasteiger charge is 2.43. The number of hydrogen-bond acceptors (Lipinski definition) is 8. The van der Waals surface area contributed by atoms with Crippen LogP contribution in [0.15, 0.2) is 12.4 Å². The number of amides is 4. The van der Waals surface area contributed by atoms with E-state index in [4.69, 9.17) is 24.6 Å². The Bertz CT molecular complexity index is 1570. The quantitative estimate of drug-likeness (QED) is 0.160. The molecule has 4 fully saturated rings. The zero-order chi connectivity index (χ0) is 37.5. The van der Waals surface area contributed by atoms with Gasteiger partial charge in [-0.2, -0.15) is 10.2 Å². The molecule has 16 heteroatoms. The summed E-state index contributed by atoms with van der Waals surface area (Å²) in [5.41, 5.74) is 10.5. The summed E-state index contributed by atoms with van der Waals surface area (Å²) in [5.74, 6) is -1.04. The standard InChI is InChI=1S/2C18H26N6O2/c2*1-3-21-13-6-8-18(9-7-13,11-20-2)24-10-14(15(19)25)16(23-24)22-17(26)12-4-5-12/h2*10,12-13,21H,3-9,11H2,1H3,(H2,19,25)(H,22,23,26). The molecule has 6 rings (SSSR count). The first-order chi connectivity index (χ1) is 25.0. The minimum Gasteiger partial charge on any atom is -0.365 e. The smallest absolute Gasteiger partial charge is 0.254 e. The van der Waals surface area contributed by atoms with Crippen molar-refractivity contribution in [2.45, 2.75) is 114 Å². The minimum absolute atomic E-state index is 0.00800. The number of carbonyl (C=O) groups excluding carboxylic acids is 4. The fraction of sp³-hybridized carbons (Fsp3) is 0.667. The summed E-state index contributed by atoms with van der Waals surface area (Å²) in [6, 6.07) is 0.887. The van der Waals surface area contributed by atoms with Crippen molar-refractivity contribution in [1.29, 1.82) is 0 Å². The monoisotopic (exact) mass is 716 g/mol. The molecule has 280 valence electrons. The SMILES string of the molecule is [C-]#[N+]CC1(n2cc(C(N)=O)c(NC(=O)C3CC3)n2)CCC(NCC)CC1.[C-]#[N+]CC1(n2cc(C(N)=O)c(NC(=O)C3CC3)n2)CCC(NCC)CC1. The van der Waals surface area contributed by atoms with E-state index in [-0.39, 0.29) is 46.4 Å². The number of primary amides is 2. The summed E-state index contributed by atoms with van der Waals surface area (Å²) in [6.07, 6.45) is 13.6. The van der Waals surface area contributed by atoms with Crippen LogP contribution in [-0.4, -0.2) is 81.5 Å². The van der Waals surface area contributed by atoms with E-state index >= 15 is 0 Å². The second kappa shape index (κ2) is 16.7. The van der Waals surface area contributed by atoms with Crippen molar-refractivity contribution in [3.63, 3.8) is 0 Å².